The summed E-state index contributed by atoms with van der Waals surface area (Å²) in [5.74, 6) is 2.86. The van der Waals surface area contributed by atoms with E-state index in [1.807, 2.05) is 36.9 Å². The molecular weight excluding hydrogens is 298 g/mol. The van der Waals surface area contributed by atoms with Crippen molar-refractivity contribution in [2.45, 2.75) is 26.3 Å². The minimum absolute atomic E-state index is 0.143. The highest BCUT2D eigenvalue weighted by Gasteiger charge is 2.09. The van der Waals surface area contributed by atoms with Gasteiger partial charge in [0.15, 0.2) is 5.82 Å². The molecule has 0 aliphatic rings. The van der Waals surface area contributed by atoms with E-state index < -0.39 is 0 Å². The molecule has 0 aromatic carbocycles. The van der Waals surface area contributed by atoms with Gasteiger partial charge in [0.05, 0.1) is 18.1 Å². The first-order chi connectivity index (χ1) is 10.7. The molecule has 2 heterocycles. The van der Waals surface area contributed by atoms with Crippen LogP contribution in [-0.2, 0) is 0 Å². The predicted octanol–water partition coefficient (Wildman–Crippen LogP) is 2.92. The second kappa shape index (κ2) is 8.43. The summed E-state index contributed by atoms with van der Waals surface area (Å²) in [5, 5.41) is 9.89. The van der Waals surface area contributed by atoms with Crippen LogP contribution in [0.3, 0.4) is 0 Å². The molecule has 2 aromatic rings. The highest BCUT2D eigenvalue weighted by atomic mass is 32.2. The quantitative estimate of drug-likeness (QED) is 0.770. The van der Waals surface area contributed by atoms with Gasteiger partial charge in [0.25, 0.3) is 0 Å². The SMILES string of the molecule is CCSCC[C@H](C)NC(=O)Nc1cnn(-c2ccccn2)c1. The summed E-state index contributed by atoms with van der Waals surface area (Å²) in [7, 11) is 0. The smallest absolute Gasteiger partial charge is 0.319 e. The zero-order valence-electron chi connectivity index (χ0n) is 12.8. The van der Waals surface area contributed by atoms with Gasteiger partial charge in [-0.15, -0.1) is 0 Å². The highest BCUT2D eigenvalue weighted by Crippen LogP contribution is 2.09. The van der Waals surface area contributed by atoms with E-state index >= 15 is 0 Å². The molecule has 0 bridgehead atoms. The summed E-state index contributed by atoms with van der Waals surface area (Å²) in [6, 6.07) is 5.52. The van der Waals surface area contributed by atoms with Gasteiger partial charge in [0.1, 0.15) is 0 Å². The molecule has 7 heteroatoms. The van der Waals surface area contributed by atoms with Crippen molar-refractivity contribution in [3.05, 3.63) is 36.8 Å². The van der Waals surface area contributed by atoms with Gasteiger partial charge in [-0.3, -0.25) is 0 Å². The van der Waals surface area contributed by atoms with E-state index in [-0.39, 0.29) is 12.1 Å². The van der Waals surface area contributed by atoms with Gasteiger partial charge in [0, 0.05) is 12.2 Å². The summed E-state index contributed by atoms with van der Waals surface area (Å²) in [4.78, 5) is 16.1. The van der Waals surface area contributed by atoms with Crippen molar-refractivity contribution in [2.75, 3.05) is 16.8 Å². The van der Waals surface area contributed by atoms with Crippen molar-refractivity contribution in [1.29, 1.82) is 0 Å². The van der Waals surface area contributed by atoms with Gasteiger partial charge >= 0.3 is 6.03 Å². The molecule has 0 saturated carbocycles. The molecule has 0 aliphatic heterocycles. The molecule has 0 radical (unpaired) electrons. The molecule has 0 unspecified atom stereocenters. The van der Waals surface area contributed by atoms with Crippen LogP contribution >= 0.6 is 11.8 Å². The normalized spacial score (nSPS) is 11.9. The lowest BCUT2D eigenvalue weighted by atomic mass is 10.3. The summed E-state index contributed by atoms with van der Waals surface area (Å²) >= 11 is 1.88. The Hall–Kier alpha value is -2.02. The van der Waals surface area contributed by atoms with Crippen molar-refractivity contribution in [2.24, 2.45) is 0 Å². The predicted molar refractivity (Wildman–Crippen MR) is 90.6 cm³/mol. The second-order valence-electron chi connectivity index (χ2n) is 4.85. The number of nitrogens with zero attached hydrogens (tertiary/aromatic N) is 3. The van der Waals surface area contributed by atoms with Crippen LogP contribution in [0.1, 0.15) is 20.3 Å². The number of rotatable bonds is 7. The number of hydrogen-bond acceptors (Lipinski definition) is 4. The second-order valence-corrected chi connectivity index (χ2v) is 6.24. The van der Waals surface area contributed by atoms with E-state index in [1.165, 1.54) is 0 Å². The van der Waals surface area contributed by atoms with E-state index in [9.17, 15) is 4.79 Å². The van der Waals surface area contributed by atoms with Gasteiger partial charge in [-0.1, -0.05) is 13.0 Å². The number of amides is 2. The van der Waals surface area contributed by atoms with E-state index in [4.69, 9.17) is 0 Å². The Morgan fingerprint density at radius 1 is 1.45 bits per heavy atom. The van der Waals surface area contributed by atoms with Crippen LogP contribution < -0.4 is 10.6 Å². The van der Waals surface area contributed by atoms with Crippen LogP contribution in [0.2, 0.25) is 0 Å². The number of pyridine rings is 1. The molecule has 2 N–H and O–H groups in total. The van der Waals surface area contributed by atoms with Gasteiger partial charge in [0.2, 0.25) is 0 Å². The maximum absolute atomic E-state index is 11.9. The summed E-state index contributed by atoms with van der Waals surface area (Å²) in [6.07, 6.45) is 6.00. The standard InChI is InChI=1S/C15H21N5OS/c1-3-22-9-7-12(2)18-15(21)19-13-10-17-20(11-13)14-6-4-5-8-16-14/h4-6,8,10-12H,3,7,9H2,1-2H3,(H2,18,19,21)/t12-/m0/s1. The lowest BCUT2D eigenvalue weighted by Crippen LogP contribution is -2.36. The van der Waals surface area contributed by atoms with Crippen LogP contribution in [0, 0.1) is 0 Å². The highest BCUT2D eigenvalue weighted by molar-refractivity contribution is 7.99. The van der Waals surface area contributed by atoms with Crippen molar-refractivity contribution in [1.82, 2.24) is 20.1 Å². The molecule has 118 valence electrons. The third kappa shape index (κ3) is 5.07. The van der Waals surface area contributed by atoms with E-state index in [2.05, 4.69) is 27.6 Å². The minimum atomic E-state index is -0.213. The van der Waals surface area contributed by atoms with Crippen molar-refractivity contribution in [3.63, 3.8) is 0 Å². The molecule has 22 heavy (non-hydrogen) atoms. The van der Waals surface area contributed by atoms with Crippen LogP contribution in [0.15, 0.2) is 36.8 Å². The molecule has 0 saturated heterocycles. The first-order valence-corrected chi connectivity index (χ1v) is 8.46. The first kappa shape index (κ1) is 16.4. The molecule has 2 aromatic heterocycles. The maximum Gasteiger partial charge on any atom is 0.319 e. The lowest BCUT2D eigenvalue weighted by molar-refractivity contribution is 0.249. The lowest BCUT2D eigenvalue weighted by Gasteiger charge is -2.13. The Morgan fingerprint density at radius 2 is 2.32 bits per heavy atom. The number of hydrogen-bond donors (Lipinski definition) is 2. The fourth-order valence-corrected chi connectivity index (χ4v) is 2.68. The number of carbonyl (C=O) groups excluding carboxylic acids is 1. The number of thioether (sulfide) groups is 1. The number of urea groups is 1. The van der Waals surface area contributed by atoms with Crippen molar-refractivity contribution < 1.29 is 4.79 Å². The van der Waals surface area contributed by atoms with Gasteiger partial charge in [-0.25, -0.2) is 14.5 Å². The molecule has 6 nitrogen and oxygen atoms in total. The fraction of sp³-hybridized carbons (Fsp3) is 0.400. The van der Waals surface area contributed by atoms with Gasteiger partial charge in [-0.2, -0.15) is 16.9 Å². The molecule has 0 spiro atoms. The summed E-state index contributed by atoms with van der Waals surface area (Å²) < 4.78 is 1.62. The zero-order chi connectivity index (χ0) is 15.8. The number of carbonyl (C=O) groups is 1. The third-order valence-electron chi connectivity index (χ3n) is 3.00. The Kier molecular flexibility index (Phi) is 6.27. The Morgan fingerprint density at radius 3 is 3.05 bits per heavy atom. The summed E-state index contributed by atoms with van der Waals surface area (Å²) in [6.45, 7) is 4.14. The molecule has 0 aliphatic carbocycles. The van der Waals surface area contributed by atoms with Crippen LogP contribution in [0.5, 0.6) is 0 Å². The molecule has 0 fully saturated rings. The van der Waals surface area contributed by atoms with Gasteiger partial charge in [-0.05, 0) is 37.0 Å². The maximum atomic E-state index is 11.9. The molecule has 1 atom stereocenters. The average Bonchev–Trinajstić information content (AvgIpc) is 2.96. The topological polar surface area (TPSA) is 71.8 Å². The Labute approximate surface area is 134 Å². The third-order valence-corrected chi connectivity index (χ3v) is 3.93. The zero-order valence-corrected chi connectivity index (χ0v) is 13.6. The first-order valence-electron chi connectivity index (χ1n) is 7.30. The minimum Gasteiger partial charge on any atom is -0.335 e. The summed E-state index contributed by atoms with van der Waals surface area (Å²) in [5.41, 5.74) is 0.637. The van der Waals surface area contributed by atoms with Crippen LogP contribution in [0.25, 0.3) is 5.82 Å². The van der Waals surface area contributed by atoms with Crippen molar-refractivity contribution >= 4 is 23.5 Å². The Balaban J connectivity index is 1.83. The molecular formula is C15H21N5OS. The van der Waals surface area contributed by atoms with Crippen molar-refractivity contribution in [3.8, 4) is 5.82 Å². The molecule has 2 amide bonds. The number of aromatic nitrogens is 3. The van der Waals surface area contributed by atoms with Crippen LogP contribution in [-0.4, -0.2) is 38.3 Å². The van der Waals surface area contributed by atoms with E-state index in [1.54, 1.807) is 23.3 Å². The number of nitrogens with one attached hydrogen (secondary N) is 2. The largest absolute Gasteiger partial charge is 0.335 e. The van der Waals surface area contributed by atoms with Crippen LogP contribution in [0.4, 0.5) is 10.5 Å². The van der Waals surface area contributed by atoms with E-state index in [0.29, 0.717) is 11.5 Å². The van der Waals surface area contributed by atoms with E-state index in [0.717, 1.165) is 17.9 Å². The van der Waals surface area contributed by atoms with Gasteiger partial charge < -0.3 is 10.6 Å². The molecule has 2 rings (SSSR count). The average molecular weight is 319 g/mol. The fourth-order valence-electron chi connectivity index (χ4n) is 1.87. The number of anilines is 1. The Bertz CT molecular complexity index is 587. The monoisotopic (exact) mass is 319 g/mol.